The van der Waals surface area contributed by atoms with Gasteiger partial charge >= 0.3 is 0 Å². The lowest BCUT2D eigenvalue weighted by Gasteiger charge is -2.10. The van der Waals surface area contributed by atoms with Crippen LogP contribution in [0.5, 0.6) is 5.75 Å². The number of nitrogens with one attached hydrogen (secondary N) is 1. The van der Waals surface area contributed by atoms with Crippen molar-refractivity contribution in [3.8, 4) is 5.75 Å². The van der Waals surface area contributed by atoms with Crippen LogP contribution < -0.4 is 10.1 Å². The number of aliphatic hydroxyl groups excluding tert-OH is 1. The van der Waals surface area contributed by atoms with Crippen LogP contribution in [-0.2, 0) is 4.79 Å². The summed E-state index contributed by atoms with van der Waals surface area (Å²) >= 11 is 1.44. The topological polar surface area (TPSA) is 58.6 Å². The van der Waals surface area contributed by atoms with Gasteiger partial charge in [-0.1, -0.05) is 48.0 Å². The van der Waals surface area contributed by atoms with E-state index >= 15 is 0 Å². The van der Waals surface area contributed by atoms with E-state index in [9.17, 15) is 9.90 Å². The number of hydrogen-bond donors (Lipinski definition) is 2. The Bertz CT molecular complexity index is 646. The molecule has 1 atom stereocenters. The average molecular weight is 374 g/mol. The Morgan fingerprint density at radius 3 is 2.58 bits per heavy atom. The Kier molecular flexibility index (Phi) is 9.07. The summed E-state index contributed by atoms with van der Waals surface area (Å²) in [6.07, 6.45) is 1.25. The minimum absolute atomic E-state index is 0.00900. The zero-order valence-electron chi connectivity index (χ0n) is 15.2. The first-order valence-electron chi connectivity index (χ1n) is 8.92. The van der Waals surface area contributed by atoms with E-state index in [1.807, 2.05) is 61.5 Å². The van der Waals surface area contributed by atoms with Gasteiger partial charge < -0.3 is 15.2 Å². The van der Waals surface area contributed by atoms with Crippen molar-refractivity contribution >= 4 is 17.7 Å². The van der Waals surface area contributed by atoms with Gasteiger partial charge in [0.25, 0.3) is 0 Å². The number of carbonyl (C=O) groups is 1. The van der Waals surface area contributed by atoms with E-state index in [1.54, 1.807) is 0 Å². The summed E-state index contributed by atoms with van der Waals surface area (Å²) in [5.41, 5.74) is 2.10. The summed E-state index contributed by atoms with van der Waals surface area (Å²) in [6, 6.07) is 17.5. The summed E-state index contributed by atoms with van der Waals surface area (Å²) in [4.78, 5) is 11.8. The number of aryl methyl sites for hydroxylation is 1. The molecular weight excluding hydrogens is 346 g/mol. The molecule has 0 saturated heterocycles. The largest absolute Gasteiger partial charge is 0.494 e. The van der Waals surface area contributed by atoms with E-state index in [-0.39, 0.29) is 5.91 Å². The number of benzene rings is 2. The number of rotatable bonds is 11. The van der Waals surface area contributed by atoms with Crippen molar-refractivity contribution in [1.82, 2.24) is 5.32 Å². The van der Waals surface area contributed by atoms with Crippen LogP contribution >= 0.6 is 11.8 Å². The van der Waals surface area contributed by atoms with Gasteiger partial charge in [0, 0.05) is 12.3 Å². The molecule has 0 saturated carbocycles. The second kappa shape index (κ2) is 11.6. The Hall–Kier alpha value is -1.98. The predicted octanol–water partition coefficient (Wildman–Crippen LogP) is 3.74. The minimum Gasteiger partial charge on any atom is -0.494 e. The van der Waals surface area contributed by atoms with Crippen molar-refractivity contribution < 1.29 is 14.6 Å². The predicted molar refractivity (Wildman–Crippen MR) is 108 cm³/mol. The Morgan fingerprint density at radius 1 is 1.12 bits per heavy atom. The molecule has 0 aliphatic carbocycles. The van der Waals surface area contributed by atoms with E-state index in [0.717, 1.165) is 24.2 Å². The highest BCUT2D eigenvalue weighted by atomic mass is 32.2. The van der Waals surface area contributed by atoms with Crippen molar-refractivity contribution in [2.45, 2.75) is 25.9 Å². The molecule has 0 aliphatic rings. The van der Waals surface area contributed by atoms with E-state index in [0.29, 0.717) is 24.7 Å². The molecule has 1 unspecified atom stereocenters. The molecule has 0 fully saturated rings. The van der Waals surface area contributed by atoms with Crippen molar-refractivity contribution in [3.05, 3.63) is 65.7 Å². The van der Waals surface area contributed by atoms with Crippen LogP contribution in [0.25, 0.3) is 0 Å². The molecule has 2 aromatic carbocycles. The average Bonchev–Trinajstić information content (AvgIpc) is 2.66. The van der Waals surface area contributed by atoms with E-state index in [1.165, 1.54) is 17.3 Å². The van der Waals surface area contributed by atoms with Gasteiger partial charge in [-0.25, -0.2) is 0 Å². The van der Waals surface area contributed by atoms with Crippen molar-refractivity contribution in [2.75, 3.05) is 24.7 Å². The first kappa shape index (κ1) is 20.3. The maximum atomic E-state index is 11.8. The number of ether oxygens (including phenoxy) is 1. The molecule has 5 heteroatoms. The number of thioether (sulfide) groups is 1. The smallest absolute Gasteiger partial charge is 0.229 e. The summed E-state index contributed by atoms with van der Waals surface area (Å²) in [7, 11) is 0. The van der Waals surface area contributed by atoms with Gasteiger partial charge in [0.2, 0.25) is 5.91 Å². The van der Waals surface area contributed by atoms with Crippen LogP contribution in [-0.4, -0.2) is 35.7 Å². The van der Waals surface area contributed by atoms with E-state index in [2.05, 4.69) is 5.32 Å². The van der Waals surface area contributed by atoms with Crippen LogP contribution in [0, 0.1) is 6.92 Å². The summed E-state index contributed by atoms with van der Waals surface area (Å²) < 4.78 is 5.66. The molecule has 1 amide bonds. The van der Waals surface area contributed by atoms with Gasteiger partial charge in [-0.15, -0.1) is 11.8 Å². The first-order chi connectivity index (χ1) is 12.6. The second-order valence-electron chi connectivity index (χ2n) is 6.16. The van der Waals surface area contributed by atoms with Gasteiger partial charge in [0.05, 0.1) is 18.5 Å². The molecule has 0 aliphatic heterocycles. The standard InChI is InChI=1S/C21H27NO3S/c1-17-9-11-19(12-10-17)25-14-6-5-13-22-21(24)16-26-15-20(23)18-7-3-2-4-8-18/h2-4,7-12,20,23H,5-6,13-16H2,1H3,(H,22,24). The quantitative estimate of drug-likeness (QED) is 0.589. The molecule has 0 bridgehead atoms. The maximum Gasteiger partial charge on any atom is 0.229 e. The van der Waals surface area contributed by atoms with Crippen LogP contribution in [0.4, 0.5) is 0 Å². The first-order valence-corrected chi connectivity index (χ1v) is 10.1. The number of hydrogen-bond acceptors (Lipinski definition) is 4. The highest BCUT2D eigenvalue weighted by Gasteiger charge is 2.08. The molecule has 2 N–H and O–H groups in total. The van der Waals surface area contributed by atoms with Gasteiger partial charge in [-0.05, 0) is 37.5 Å². The van der Waals surface area contributed by atoms with Crippen molar-refractivity contribution in [3.63, 3.8) is 0 Å². The van der Waals surface area contributed by atoms with Gasteiger partial charge in [-0.2, -0.15) is 0 Å². The van der Waals surface area contributed by atoms with E-state index < -0.39 is 6.10 Å². The van der Waals surface area contributed by atoms with Gasteiger partial charge in [0.15, 0.2) is 0 Å². The number of amides is 1. The highest BCUT2D eigenvalue weighted by molar-refractivity contribution is 7.99. The molecule has 0 radical (unpaired) electrons. The van der Waals surface area contributed by atoms with Crippen molar-refractivity contribution in [2.24, 2.45) is 0 Å². The molecule has 0 heterocycles. The zero-order valence-corrected chi connectivity index (χ0v) is 16.0. The fourth-order valence-electron chi connectivity index (χ4n) is 2.37. The zero-order chi connectivity index (χ0) is 18.6. The number of aliphatic hydroxyl groups is 1. The third-order valence-electron chi connectivity index (χ3n) is 3.88. The molecule has 26 heavy (non-hydrogen) atoms. The molecule has 4 nitrogen and oxygen atoms in total. The van der Waals surface area contributed by atoms with Gasteiger partial charge in [-0.3, -0.25) is 4.79 Å². The van der Waals surface area contributed by atoms with Crippen LogP contribution in [0.15, 0.2) is 54.6 Å². The fourth-order valence-corrected chi connectivity index (χ4v) is 3.19. The second-order valence-corrected chi connectivity index (χ2v) is 7.19. The third-order valence-corrected chi connectivity index (χ3v) is 4.89. The molecule has 2 aromatic rings. The monoisotopic (exact) mass is 373 g/mol. The lowest BCUT2D eigenvalue weighted by Crippen LogP contribution is -2.26. The van der Waals surface area contributed by atoms with Crippen LogP contribution in [0.3, 0.4) is 0 Å². The molecule has 140 valence electrons. The summed E-state index contributed by atoms with van der Waals surface area (Å²) in [6.45, 7) is 3.35. The Morgan fingerprint density at radius 2 is 1.85 bits per heavy atom. The normalized spacial score (nSPS) is 11.8. The Balaban J connectivity index is 1.48. The molecule has 2 rings (SSSR count). The van der Waals surface area contributed by atoms with Crippen LogP contribution in [0.1, 0.15) is 30.1 Å². The van der Waals surface area contributed by atoms with Gasteiger partial charge in [0.1, 0.15) is 5.75 Å². The lowest BCUT2D eigenvalue weighted by atomic mass is 10.1. The third kappa shape index (κ3) is 7.93. The SMILES string of the molecule is Cc1ccc(OCCCCNC(=O)CSCC(O)c2ccccc2)cc1. The number of carbonyl (C=O) groups excluding carboxylic acids is 1. The highest BCUT2D eigenvalue weighted by Crippen LogP contribution is 2.17. The lowest BCUT2D eigenvalue weighted by molar-refractivity contribution is -0.118. The summed E-state index contributed by atoms with van der Waals surface area (Å²) in [5.74, 6) is 1.77. The molecule has 0 aromatic heterocycles. The fraction of sp³-hybridized carbons (Fsp3) is 0.381. The number of unbranched alkanes of at least 4 members (excludes halogenated alkanes) is 1. The van der Waals surface area contributed by atoms with Crippen LogP contribution in [0.2, 0.25) is 0 Å². The molecular formula is C21H27NO3S. The summed E-state index contributed by atoms with van der Waals surface area (Å²) in [5, 5.41) is 13.0. The maximum absolute atomic E-state index is 11.8. The minimum atomic E-state index is -0.534. The molecule has 0 spiro atoms. The Labute approximate surface area is 160 Å². The van der Waals surface area contributed by atoms with Crippen molar-refractivity contribution in [1.29, 1.82) is 0 Å². The van der Waals surface area contributed by atoms with E-state index in [4.69, 9.17) is 4.74 Å².